The van der Waals surface area contributed by atoms with Crippen LogP contribution in [-0.2, 0) is 6.54 Å². The molecule has 0 aromatic carbocycles. The Morgan fingerprint density at radius 3 is 2.94 bits per heavy atom. The monoisotopic (exact) mass is 316 g/mol. The summed E-state index contributed by atoms with van der Waals surface area (Å²) in [6, 6.07) is 3.08. The van der Waals surface area contributed by atoms with Gasteiger partial charge in [-0.3, -0.25) is 0 Å². The molecule has 1 N–H and O–H groups in total. The van der Waals surface area contributed by atoms with Crippen molar-refractivity contribution in [2.45, 2.75) is 38.3 Å². The summed E-state index contributed by atoms with van der Waals surface area (Å²) in [5.41, 5.74) is 0. The summed E-state index contributed by atoms with van der Waals surface area (Å²) >= 11 is 5.33. The van der Waals surface area contributed by atoms with Crippen molar-refractivity contribution in [1.82, 2.24) is 10.2 Å². The molecule has 96 valence electrons. The van der Waals surface area contributed by atoms with Crippen LogP contribution in [0.1, 0.15) is 30.6 Å². The van der Waals surface area contributed by atoms with Crippen molar-refractivity contribution < 1.29 is 0 Å². The first-order valence-electron chi connectivity index (χ1n) is 6.39. The van der Waals surface area contributed by atoms with Gasteiger partial charge in [0.25, 0.3) is 0 Å². The minimum atomic E-state index is 0.858. The van der Waals surface area contributed by atoms with Gasteiger partial charge in [0.05, 0.1) is 0 Å². The third-order valence-corrected chi connectivity index (χ3v) is 4.71. The second-order valence-electron chi connectivity index (χ2n) is 4.90. The Hall–Kier alpha value is 0.1000. The van der Waals surface area contributed by atoms with E-state index in [1.165, 1.54) is 48.1 Å². The number of rotatable bonds is 8. The van der Waals surface area contributed by atoms with Crippen LogP contribution in [0.3, 0.4) is 0 Å². The molecular weight excluding hydrogens is 296 g/mol. The van der Waals surface area contributed by atoms with Gasteiger partial charge in [0, 0.05) is 27.3 Å². The van der Waals surface area contributed by atoms with E-state index in [0.717, 1.165) is 12.6 Å². The first-order valence-corrected chi connectivity index (χ1v) is 8.06. The first-order chi connectivity index (χ1) is 8.24. The number of halogens is 1. The van der Waals surface area contributed by atoms with Crippen molar-refractivity contribution in [1.29, 1.82) is 0 Å². The van der Waals surface area contributed by atoms with Gasteiger partial charge in [-0.2, -0.15) is 0 Å². The summed E-state index contributed by atoms with van der Waals surface area (Å²) in [6.45, 7) is 3.47. The normalized spacial score (nSPS) is 15.7. The van der Waals surface area contributed by atoms with Gasteiger partial charge >= 0.3 is 0 Å². The maximum Gasteiger partial charge on any atom is 0.0325 e. The molecule has 1 aliphatic rings. The van der Waals surface area contributed by atoms with Gasteiger partial charge in [-0.1, -0.05) is 0 Å². The van der Waals surface area contributed by atoms with E-state index < -0.39 is 0 Å². The first kappa shape index (κ1) is 13.5. The highest BCUT2D eigenvalue weighted by Crippen LogP contribution is 2.21. The predicted molar refractivity (Wildman–Crippen MR) is 78.6 cm³/mol. The maximum absolute atomic E-state index is 3.56. The molecule has 1 aliphatic carbocycles. The number of nitrogens with one attached hydrogen (secondary N) is 1. The lowest BCUT2D eigenvalue weighted by Gasteiger charge is -2.15. The average molecular weight is 317 g/mol. The number of thiophene rings is 1. The van der Waals surface area contributed by atoms with Crippen molar-refractivity contribution in [2.24, 2.45) is 0 Å². The van der Waals surface area contributed by atoms with Gasteiger partial charge in [-0.05, 0) is 67.8 Å². The number of hydrogen-bond acceptors (Lipinski definition) is 3. The molecule has 0 amide bonds. The maximum atomic E-state index is 3.56. The molecule has 0 aliphatic heterocycles. The minimum Gasteiger partial charge on any atom is -0.314 e. The fraction of sp³-hybridized carbons (Fsp3) is 0.692. The van der Waals surface area contributed by atoms with E-state index in [-0.39, 0.29) is 0 Å². The third kappa shape index (κ3) is 5.51. The average Bonchev–Trinajstić information content (AvgIpc) is 3.02. The molecule has 0 saturated heterocycles. The van der Waals surface area contributed by atoms with Crippen molar-refractivity contribution in [3.8, 4) is 0 Å². The highest BCUT2D eigenvalue weighted by molar-refractivity contribution is 9.10. The molecule has 1 aromatic rings. The zero-order chi connectivity index (χ0) is 12.1. The van der Waals surface area contributed by atoms with E-state index in [1.54, 1.807) is 0 Å². The molecule has 0 bridgehead atoms. The van der Waals surface area contributed by atoms with Gasteiger partial charge in [0.1, 0.15) is 0 Å². The van der Waals surface area contributed by atoms with Crippen LogP contribution < -0.4 is 5.32 Å². The summed E-state index contributed by atoms with van der Waals surface area (Å²) < 4.78 is 1.21. The summed E-state index contributed by atoms with van der Waals surface area (Å²) in [4.78, 5) is 3.85. The third-order valence-electron chi connectivity index (χ3n) is 3.02. The summed E-state index contributed by atoms with van der Waals surface area (Å²) in [5, 5.41) is 5.72. The summed E-state index contributed by atoms with van der Waals surface area (Å²) in [5.74, 6) is 0. The van der Waals surface area contributed by atoms with Crippen molar-refractivity contribution in [3.63, 3.8) is 0 Å². The van der Waals surface area contributed by atoms with Crippen molar-refractivity contribution in [2.75, 3.05) is 20.1 Å². The van der Waals surface area contributed by atoms with E-state index in [4.69, 9.17) is 0 Å². The number of nitrogens with zero attached hydrogens (tertiary/aromatic N) is 1. The topological polar surface area (TPSA) is 15.3 Å². The second kappa shape index (κ2) is 6.88. The number of hydrogen-bond donors (Lipinski definition) is 1. The van der Waals surface area contributed by atoms with E-state index >= 15 is 0 Å². The molecule has 0 radical (unpaired) electrons. The molecule has 0 atom stereocenters. The van der Waals surface area contributed by atoms with Gasteiger partial charge in [0.15, 0.2) is 0 Å². The summed E-state index contributed by atoms with van der Waals surface area (Å²) in [7, 11) is 2.21. The van der Waals surface area contributed by atoms with Crippen LogP contribution in [0.25, 0.3) is 0 Å². The molecule has 4 heteroatoms. The Labute approximate surface area is 117 Å². The zero-order valence-corrected chi connectivity index (χ0v) is 12.8. The standard InChI is InChI=1S/C13H21BrN2S/c1-16(9-13-8-11(14)10-17-13)7-3-2-6-15-12-4-5-12/h8,10,12,15H,2-7,9H2,1H3. The Morgan fingerprint density at radius 1 is 1.47 bits per heavy atom. The molecule has 1 saturated carbocycles. The second-order valence-corrected chi connectivity index (χ2v) is 6.82. The highest BCUT2D eigenvalue weighted by Gasteiger charge is 2.19. The van der Waals surface area contributed by atoms with Crippen molar-refractivity contribution >= 4 is 27.3 Å². The molecule has 0 spiro atoms. The van der Waals surface area contributed by atoms with E-state index in [0.29, 0.717) is 0 Å². The SMILES string of the molecule is CN(CCCCNC1CC1)Cc1cc(Br)cs1. The van der Waals surface area contributed by atoms with E-state index in [9.17, 15) is 0 Å². The smallest absolute Gasteiger partial charge is 0.0325 e. The minimum absolute atomic E-state index is 0.858. The molecule has 1 aromatic heterocycles. The lowest BCUT2D eigenvalue weighted by atomic mass is 10.3. The van der Waals surface area contributed by atoms with Crippen LogP contribution in [0.4, 0.5) is 0 Å². The fourth-order valence-corrected chi connectivity index (χ4v) is 3.41. The lowest BCUT2D eigenvalue weighted by molar-refractivity contribution is 0.320. The lowest BCUT2D eigenvalue weighted by Crippen LogP contribution is -2.21. The molecule has 1 heterocycles. The molecule has 2 rings (SSSR count). The van der Waals surface area contributed by atoms with Crippen LogP contribution in [0.2, 0.25) is 0 Å². The molecule has 2 nitrogen and oxygen atoms in total. The van der Waals surface area contributed by atoms with E-state index in [2.05, 4.69) is 44.6 Å². The Morgan fingerprint density at radius 2 is 2.29 bits per heavy atom. The molecule has 1 fully saturated rings. The van der Waals surface area contributed by atoms with Crippen molar-refractivity contribution in [3.05, 3.63) is 20.8 Å². The van der Waals surface area contributed by atoms with Gasteiger partial charge in [-0.25, -0.2) is 0 Å². The Kier molecular flexibility index (Phi) is 5.48. The van der Waals surface area contributed by atoms with Crippen LogP contribution in [0.15, 0.2) is 15.9 Å². The van der Waals surface area contributed by atoms with Crippen LogP contribution in [0.5, 0.6) is 0 Å². The molecule has 0 unspecified atom stereocenters. The van der Waals surface area contributed by atoms with Gasteiger partial charge in [0.2, 0.25) is 0 Å². The fourth-order valence-electron chi connectivity index (χ4n) is 1.88. The van der Waals surface area contributed by atoms with E-state index in [1.807, 2.05) is 11.3 Å². The van der Waals surface area contributed by atoms with Gasteiger partial charge in [-0.15, -0.1) is 11.3 Å². The van der Waals surface area contributed by atoms with Crippen LogP contribution in [-0.4, -0.2) is 31.1 Å². The highest BCUT2D eigenvalue weighted by atomic mass is 79.9. The zero-order valence-electron chi connectivity index (χ0n) is 10.4. The summed E-state index contributed by atoms with van der Waals surface area (Å²) in [6.07, 6.45) is 5.39. The Balaban J connectivity index is 1.52. The molecular formula is C13H21BrN2S. The van der Waals surface area contributed by atoms with Gasteiger partial charge < -0.3 is 10.2 Å². The Bertz CT molecular complexity index is 336. The molecule has 17 heavy (non-hydrogen) atoms. The van der Waals surface area contributed by atoms with Crippen LogP contribution >= 0.6 is 27.3 Å². The number of unbranched alkanes of at least 4 members (excludes halogenated alkanes) is 1. The largest absolute Gasteiger partial charge is 0.314 e. The van der Waals surface area contributed by atoms with Crippen LogP contribution in [0, 0.1) is 0 Å². The predicted octanol–water partition coefficient (Wildman–Crippen LogP) is 3.47. The quantitative estimate of drug-likeness (QED) is 0.739.